The average Bonchev–Trinajstić information content (AvgIpc) is 2.80. The van der Waals surface area contributed by atoms with Gasteiger partial charge in [-0.1, -0.05) is 6.08 Å². The highest BCUT2D eigenvalue weighted by Crippen LogP contribution is 2.25. The van der Waals surface area contributed by atoms with Gasteiger partial charge >= 0.3 is 5.97 Å². The number of alkyl halides is 1. The lowest BCUT2D eigenvalue weighted by Gasteiger charge is -2.28. The number of halogens is 1. The molecule has 0 aliphatic heterocycles. The lowest BCUT2D eigenvalue weighted by molar-refractivity contribution is -0.131. The van der Waals surface area contributed by atoms with Gasteiger partial charge in [-0.05, 0) is 40.2 Å². The number of hydrogen-bond donors (Lipinski definition) is 0. The Labute approximate surface area is 159 Å². The summed E-state index contributed by atoms with van der Waals surface area (Å²) in [6.07, 6.45) is 1.55. The Balaban J connectivity index is 3.35. The number of Topliss-reactive ketones (excluding diaryl/α,β-unsaturated/α-hetero) is 1. The summed E-state index contributed by atoms with van der Waals surface area (Å²) in [6.45, 7) is 12.5. The lowest BCUT2D eigenvalue weighted by atomic mass is 9.99. The highest BCUT2D eigenvalue weighted by atomic mass is 35.5. The molecule has 0 saturated heterocycles. The fourth-order valence-corrected chi connectivity index (χ4v) is 3.11. The summed E-state index contributed by atoms with van der Waals surface area (Å²) in [5.74, 6) is -1.07. The number of carbonyl (C=O) groups is 3. The van der Waals surface area contributed by atoms with Gasteiger partial charge in [0.25, 0.3) is 0 Å². The van der Waals surface area contributed by atoms with Crippen LogP contribution in [-0.4, -0.2) is 51.7 Å². The van der Waals surface area contributed by atoms with Crippen LogP contribution in [0.4, 0.5) is 0 Å². The topological polar surface area (TPSA) is 68.6 Å². The van der Waals surface area contributed by atoms with Crippen molar-refractivity contribution in [2.24, 2.45) is 7.05 Å². The fourth-order valence-electron chi connectivity index (χ4n) is 2.99. The molecular weight excluding hydrogens is 356 g/mol. The Morgan fingerprint density at radius 3 is 2.35 bits per heavy atom. The van der Waals surface area contributed by atoms with E-state index in [-0.39, 0.29) is 24.8 Å². The molecule has 0 bridgehead atoms. The molecule has 0 saturated carbocycles. The number of carbonyl (C=O) groups excluding carboxylic acids is 3. The molecule has 1 heterocycles. The van der Waals surface area contributed by atoms with Crippen molar-refractivity contribution in [1.82, 2.24) is 9.47 Å². The summed E-state index contributed by atoms with van der Waals surface area (Å²) in [6, 6.07) is -0.739. The number of esters is 1. The van der Waals surface area contributed by atoms with Crippen molar-refractivity contribution in [3.63, 3.8) is 0 Å². The number of hydrogen-bond acceptors (Lipinski definition) is 4. The average molecular weight is 383 g/mol. The number of rotatable bonds is 8. The Bertz CT molecular complexity index is 722. The second kappa shape index (κ2) is 9.03. The van der Waals surface area contributed by atoms with Crippen LogP contribution >= 0.6 is 11.6 Å². The van der Waals surface area contributed by atoms with Gasteiger partial charge in [0.1, 0.15) is 11.1 Å². The normalized spacial score (nSPS) is 13.0. The Kier molecular flexibility index (Phi) is 7.63. The number of nitrogens with zero attached hydrogens (tertiary/aromatic N) is 2. The van der Waals surface area contributed by atoms with E-state index < -0.39 is 17.4 Å². The van der Waals surface area contributed by atoms with Crippen LogP contribution < -0.4 is 0 Å². The maximum atomic E-state index is 13.1. The second-order valence-electron chi connectivity index (χ2n) is 6.15. The van der Waals surface area contributed by atoms with Crippen LogP contribution in [0.5, 0.6) is 0 Å². The van der Waals surface area contributed by atoms with Gasteiger partial charge in [0.05, 0.1) is 12.6 Å². The van der Waals surface area contributed by atoms with Crippen LogP contribution in [0.15, 0.2) is 12.7 Å². The predicted octanol–water partition coefficient (Wildman–Crippen LogP) is 3.03. The molecule has 0 aliphatic carbocycles. The van der Waals surface area contributed by atoms with E-state index in [4.69, 9.17) is 16.3 Å². The van der Waals surface area contributed by atoms with E-state index >= 15 is 0 Å². The highest BCUT2D eigenvalue weighted by molar-refractivity contribution is 6.30. The molecule has 1 amide bonds. The van der Waals surface area contributed by atoms with Crippen LogP contribution in [0.25, 0.3) is 0 Å². The molecule has 144 valence electrons. The van der Waals surface area contributed by atoms with Gasteiger partial charge in [0, 0.05) is 24.8 Å². The summed E-state index contributed by atoms with van der Waals surface area (Å²) >= 11 is 5.92. The molecule has 0 aromatic carbocycles. The molecule has 0 N–H and O–H groups in total. The molecule has 0 aliphatic rings. The van der Waals surface area contributed by atoms with E-state index in [1.165, 1.54) is 4.90 Å². The summed E-state index contributed by atoms with van der Waals surface area (Å²) in [5, 5.41) is -0.752. The van der Waals surface area contributed by atoms with Crippen molar-refractivity contribution in [3.8, 4) is 0 Å². The number of aromatic nitrogens is 1. The Morgan fingerprint density at radius 1 is 1.31 bits per heavy atom. The first-order valence-electron chi connectivity index (χ1n) is 8.52. The van der Waals surface area contributed by atoms with E-state index in [2.05, 4.69) is 6.58 Å². The van der Waals surface area contributed by atoms with Gasteiger partial charge in [0.15, 0.2) is 5.78 Å². The van der Waals surface area contributed by atoms with Crippen LogP contribution in [0.2, 0.25) is 0 Å². The fraction of sp³-hybridized carbons (Fsp3) is 0.526. The van der Waals surface area contributed by atoms with E-state index in [9.17, 15) is 14.4 Å². The molecule has 0 radical (unpaired) electrons. The molecule has 1 aromatic heterocycles. The van der Waals surface area contributed by atoms with E-state index in [0.717, 1.165) is 0 Å². The molecule has 6 nitrogen and oxygen atoms in total. The van der Waals surface area contributed by atoms with E-state index in [1.807, 2.05) is 0 Å². The van der Waals surface area contributed by atoms with Crippen LogP contribution in [0.1, 0.15) is 52.9 Å². The van der Waals surface area contributed by atoms with Crippen molar-refractivity contribution < 1.29 is 19.1 Å². The summed E-state index contributed by atoms with van der Waals surface area (Å²) in [4.78, 5) is 39.1. The lowest BCUT2D eigenvalue weighted by Crippen LogP contribution is -2.46. The van der Waals surface area contributed by atoms with Crippen LogP contribution in [0, 0.1) is 13.8 Å². The molecule has 0 unspecified atom stereocenters. The number of ketones is 1. The largest absolute Gasteiger partial charge is 0.461 e. The minimum Gasteiger partial charge on any atom is -0.461 e. The Hall–Kier alpha value is -2.08. The zero-order valence-corrected chi connectivity index (χ0v) is 17.0. The third kappa shape index (κ3) is 4.18. The summed E-state index contributed by atoms with van der Waals surface area (Å²) in [7, 11) is 1.71. The van der Waals surface area contributed by atoms with E-state index in [1.54, 1.807) is 52.3 Å². The van der Waals surface area contributed by atoms with Crippen LogP contribution in [0.3, 0.4) is 0 Å². The standard InChI is InChI=1S/C19H27ClN2O4/c1-8-10-22(18(24)12(4)20)14(6)17(23)15-11(3)16(19(25)26-9-2)21(7)13(15)5/h8,12,14H,1,9-10H2,2-7H3/t12-,14-/m1/s1. The van der Waals surface area contributed by atoms with Crippen molar-refractivity contribution in [1.29, 1.82) is 0 Å². The number of ether oxygens (including phenoxy) is 1. The first kappa shape index (κ1) is 22.0. The summed E-state index contributed by atoms with van der Waals surface area (Å²) < 4.78 is 6.74. The van der Waals surface area contributed by atoms with Gasteiger partial charge in [-0.25, -0.2) is 4.79 Å². The molecule has 1 aromatic rings. The monoisotopic (exact) mass is 382 g/mol. The van der Waals surface area contributed by atoms with Gasteiger partial charge < -0.3 is 14.2 Å². The third-order valence-corrected chi connectivity index (χ3v) is 4.63. The maximum Gasteiger partial charge on any atom is 0.355 e. The molecule has 0 fully saturated rings. The first-order chi connectivity index (χ1) is 12.1. The molecule has 7 heteroatoms. The van der Waals surface area contributed by atoms with Crippen molar-refractivity contribution in [2.45, 2.75) is 46.0 Å². The molecule has 1 rings (SSSR count). The van der Waals surface area contributed by atoms with Gasteiger partial charge in [0.2, 0.25) is 5.91 Å². The quantitative estimate of drug-likeness (QED) is 0.300. The maximum absolute atomic E-state index is 13.1. The predicted molar refractivity (Wildman–Crippen MR) is 102 cm³/mol. The highest BCUT2D eigenvalue weighted by Gasteiger charge is 2.33. The smallest absolute Gasteiger partial charge is 0.355 e. The third-order valence-electron chi connectivity index (χ3n) is 4.44. The second-order valence-corrected chi connectivity index (χ2v) is 6.80. The van der Waals surface area contributed by atoms with E-state index in [0.29, 0.717) is 22.5 Å². The summed E-state index contributed by atoms with van der Waals surface area (Å²) in [5.41, 5.74) is 1.96. The van der Waals surface area contributed by atoms with Crippen LogP contribution in [-0.2, 0) is 16.6 Å². The van der Waals surface area contributed by atoms with Gasteiger partial charge in [-0.2, -0.15) is 0 Å². The zero-order chi connectivity index (χ0) is 20.2. The van der Waals surface area contributed by atoms with Gasteiger partial charge in [-0.3, -0.25) is 9.59 Å². The molecule has 26 heavy (non-hydrogen) atoms. The van der Waals surface area contributed by atoms with Gasteiger partial charge in [-0.15, -0.1) is 18.2 Å². The van der Waals surface area contributed by atoms with Crippen molar-refractivity contribution in [2.75, 3.05) is 13.2 Å². The van der Waals surface area contributed by atoms with Crippen molar-refractivity contribution >= 4 is 29.3 Å². The molecular formula is C19H27ClN2O4. The minimum absolute atomic E-state index is 0.207. The zero-order valence-electron chi connectivity index (χ0n) is 16.3. The van der Waals surface area contributed by atoms with Crippen molar-refractivity contribution in [3.05, 3.63) is 35.2 Å². The molecule has 0 spiro atoms. The Morgan fingerprint density at radius 2 is 1.88 bits per heavy atom. The number of amides is 1. The molecule has 2 atom stereocenters. The SMILES string of the molecule is C=CCN(C(=O)[C@@H](C)Cl)[C@H](C)C(=O)c1c(C)c(C(=O)OCC)n(C)c1C. The minimum atomic E-state index is -0.752. The first-order valence-corrected chi connectivity index (χ1v) is 8.96.